The van der Waals surface area contributed by atoms with Gasteiger partial charge in [-0.1, -0.05) is 0 Å². The molecule has 0 bridgehead atoms. The van der Waals surface area contributed by atoms with E-state index in [0.29, 0.717) is 11.3 Å². The first-order valence-electron chi connectivity index (χ1n) is 5.01. The third kappa shape index (κ3) is 2.03. The van der Waals surface area contributed by atoms with E-state index in [1.807, 2.05) is 17.2 Å². The smallest absolute Gasteiger partial charge is 0.101 e. The van der Waals surface area contributed by atoms with Gasteiger partial charge in [0.15, 0.2) is 0 Å². The van der Waals surface area contributed by atoms with Gasteiger partial charge in [0.25, 0.3) is 0 Å². The number of benzene rings is 1. The van der Waals surface area contributed by atoms with Gasteiger partial charge in [0.2, 0.25) is 0 Å². The molecule has 2 N–H and O–H groups in total. The van der Waals surface area contributed by atoms with E-state index in [9.17, 15) is 0 Å². The molecule has 1 fully saturated rings. The molecule has 1 heterocycles. The SMILES string of the molecule is N#Cc1ccc(N2CCCCO2)cc1N. The molecule has 2 rings (SSSR count). The van der Waals surface area contributed by atoms with Crippen molar-refractivity contribution in [3.05, 3.63) is 23.8 Å². The van der Waals surface area contributed by atoms with Crippen molar-refractivity contribution in [1.82, 2.24) is 0 Å². The largest absolute Gasteiger partial charge is 0.398 e. The Labute approximate surface area is 88.8 Å². The quantitative estimate of drug-likeness (QED) is 0.705. The zero-order valence-corrected chi connectivity index (χ0v) is 8.44. The first-order valence-corrected chi connectivity index (χ1v) is 5.01. The molecule has 0 saturated carbocycles. The fourth-order valence-electron chi connectivity index (χ4n) is 1.61. The van der Waals surface area contributed by atoms with E-state index in [2.05, 4.69) is 0 Å². The number of hydroxylamine groups is 1. The molecule has 1 aliphatic heterocycles. The molecule has 0 radical (unpaired) electrons. The highest BCUT2D eigenvalue weighted by molar-refractivity contribution is 5.62. The van der Waals surface area contributed by atoms with Crippen LogP contribution in [0.2, 0.25) is 0 Å². The lowest BCUT2D eigenvalue weighted by Gasteiger charge is -2.28. The van der Waals surface area contributed by atoms with Gasteiger partial charge in [0, 0.05) is 6.54 Å². The van der Waals surface area contributed by atoms with E-state index in [-0.39, 0.29) is 0 Å². The Balaban J connectivity index is 2.22. The van der Waals surface area contributed by atoms with Crippen LogP contribution in [-0.4, -0.2) is 13.2 Å². The maximum Gasteiger partial charge on any atom is 0.101 e. The van der Waals surface area contributed by atoms with Crippen molar-refractivity contribution in [3.8, 4) is 6.07 Å². The van der Waals surface area contributed by atoms with Crippen LogP contribution in [0, 0.1) is 11.3 Å². The Kier molecular flexibility index (Phi) is 2.75. The summed E-state index contributed by atoms with van der Waals surface area (Å²) in [5, 5.41) is 10.6. The van der Waals surface area contributed by atoms with Gasteiger partial charge in [-0.25, -0.2) is 0 Å². The number of nitriles is 1. The Morgan fingerprint density at radius 3 is 2.87 bits per heavy atom. The van der Waals surface area contributed by atoms with Crippen LogP contribution < -0.4 is 10.8 Å². The summed E-state index contributed by atoms with van der Waals surface area (Å²) in [4.78, 5) is 5.49. The maximum absolute atomic E-state index is 8.74. The van der Waals surface area contributed by atoms with Crippen LogP contribution in [0.25, 0.3) is 0 Å². The summed E-state index contributed by atoms with van der Waals surface area (Å²) in [5.74, 6) is 0. The monoisotopic (exact) mass is 203 g/mol. The minimum absolute atomic E-state index is 0.504. The van der Waals surface area contributed by atoms with E-state index in [4.69, 9.17) is 15.8 Å². The summed E-state index contributed by atoms with van der Waals surface area (Å²) in [7, 11) is 0. The second-order valence-electron chi connectivity index (χ2n) is 3.53. The minimum atomic E-state index is 0.504. The van der Waals surface area contributed by atoms with Crippen molar-refractivity contribution in [2.24, 2.45) is 0 Å². The summed E-state index contributed by atoms with van der Waals surface area (Å²) < 4.78 is 0. The van der Waals surface area contributed by atoms with E-state index >= 15 is 0 Å². The van der Waals surface area contributed by atoms with Gasteiger partial charge in [-0.2, -0.15) is 5.26 Å². The van der Waals surface area contributed by atoms with Crippen molar-refractivity contribution in [1.29, 1.82) is 5.26 Å². The highest BCUT2D eigenvalue weighted by Gasteiger charge is 2.12. The molecule has 0 unspecified atom stereocenters. The summed E-state index contributed by atoms with van der Waals surface area (Å²) in [6.07, 6.45) is 2.22. The number of hydrogen-bond acceptors (Lipinski definition) is 4. The average molecular weight is 203 g/mol. The van der Waals surface area contributed by atoms with E-state index in [1.165, 1.54) is 0 Å². The summed E-state index contributed by atoms with van der Waals surface area (Å²) >= 11 is 0. The number of anilines is 2. The minimum Gasteiger partial charge on any atom is -0.398 e. The van der Waals surface area contributed by atoms with Gasteiger partial charge in [-0.05, 0) is 31.0 Å². The van der Waals surface area contributed by atoms with Crippen LogP contribution in [0.5, 0.6) is 0 Å². The third-order valence-corrected chi connectivity index (χ3v) is 2.45. The molecule has 0 amide bonds. The number of hydrogen-bond donors (Lipinski definition) is 1. The maximum atomic E-state index is 8.74. The Bertz CT molecular complexity index is 391. The molecule has 1 aromatic carbocycles. The van der Waals surface area contributed by atoms with Crippen LogP contribution in [0.15, 0.2) is 18.2 Å². The van der Waals surface area contributed by atoms with E-state index < -0.39 is 0 Å². The average Bonchev–Trinajstić information content (AvgIpc) is 2.30. The predicted molar refractivity (Wildman–Crippen MR) is 58.1 cm³/mol. The lowest BCUT2D eigenvalue weighted by molar-refractivity contribution is 0.0778. The fourth-order valence-corrected chi connectivity index (χ4v) is 1.61. The molecule has 1 aromatic rings. The second-order valence-corrected chi connectivity index (χ2v) is 3.53. The predicted octanol–water partition coefficient (Wildman–Crippen LogP) is 1.67. The molecular weight excluding hydrogens is 190 g/mol. The van der Waals surface area contributed by atoms with Crippen molar-refractivity contribution in [2.75, 3.05) is 23.9 Å². The van der Waals surface area contributed by atoms with Crippen molar-refractivity contribution < 1.29 is 4.84 Å². The molecule has 0 aromatic heterocycles. The van der Waals surface area contributed by atoms with Crippen LogP contribution in [-0.2, 0) is 4.84 Å². The molecule has 4 heteroatoms. The first kappa shape index (κ1) is 9.81. The molecule has 0 atom stereocenters. The molecular formula is C11H13N3O. The van der Waals surface area contributed by atoms with Crippen LogP contribution in [0.4, 0.5) is 11.4 Å². The van der Waals surface area contributed by atoms with Gasteiger partial charge >= 0.3 is 0 Å². The zero-order chi connectivity index (χ0) is 10.7. The van der Waals surface area contributed by atoms with Crippen LogP contribution >= 0.6 is 0 Å². The number of nitrogen functional groups attached to an aromatic ring is 1. The Morgan fingerprint density at radius 2 is 2.27 bits per heavy atom. The zero-order valence-electron chi connectivity index (χ0n) is 8.44. The first-order chi connectivity index (χ1) is 7.31. The molecule has 1 aliphatic rings. The number of nitrogens with two attached hydrogens (primary N) is 1. The standard InChI is InChI=1S/C11H13N3O/c12-8-9-3-4-10(7-11(9)13)14-5-1-2-6-15-14/h3-4,7H,1-2,5-6,13H2. The lowest BCUT2D eigenvalue weighted by atomic mass is 10.1. The lowest BCUT2D eigenvalue weighted by Crippen LogP contribution is -2.29. The number of nitrogens with zero attached hydrogens (tertiary/aromatic N) is 2. The second kappa shape index (κ2) is 4.20. The fraction of sp³-hybridized carbons (Fsp3) is 0.364. The Morgan fingerprint density at radius 1 is 1.40 bits per heavy atom. The van der Waals surface area contributed by atoms with Gasteiger partial charge in [-0.3, -0.25) is 9.90 Å². The summed E-state index contributed by atoms with van der Waals surface area (Å²) in [5.41, 5.74) is 7.67. The molecule has 0 spiro atoms. The van der Waals surface area contributed by atoms with Crippen LogP contribution in [0.1, 0.15) is 18.4 Å². The summed E-state index contributed by atoms with van der Waals surface area (Å²) in [6, 6.07) is 7.41. The summed E-state index contributed by atoms with van der Waals surface area (Å²) in [6.45, 7) is 1.63. The van der Waals surface area contributed by atoms with Crippen molar-refractivity contribution in [3.63, 3.8) is 0 Å². The van der Waals surface area contributed by atoms with Gasteiger partial charge < -0.3 is 5.73 Å². The van der Waals surface area contributed by atoms with Crippen LogP contribution in [0.3, 0.4) is 0 Å². The normalized spacial score (nSPS) is 16.1. The third-order valence-electron chi connectivity index (χ3n) is 2.45. The van der Waals surface area contributed by atoms with Gasteiger partial charge in [-0.15, -0.1) is 0 Å². The molecule has 1 saturated heterocycles. The topological polar surface area (TPSA) is 62.3 Å². The van der Waals surface area contributed by atoms with Crippen molar-refractivity contribution in [2.45, 2.75) is 12.8 Å². The molecule has 15 heavy (non-hydrogen) atoms. The van der Waals surface area contributed by atoms with Gasteiger partial charge in [0.05, 0.1) is 23.5 Å². The van der Waals surface area contributed by atoms with E-state index in [1.54, 1.807) is 12.1 Å². The van der Waals surface area contributed by atoms with Gasteiger partial charge in [0.1, 0.15) is 6.07 Å². The Hall–Kier alpha value is -1.73. The van der Waals surface area contributed by atoms with E-state index in [0.717, 1.165) is 31.7 Å². The highest BCUT2D eigenvalue weighted by atomic mass is 16.7. The molecule has 78 valence electrons. The number of rotatable bonds is 1. The highest BCUT2D eigenvalue weighted by Crippen LogP contribution is 2.23. The molecule has 4 nitrogen and oxygen atoms in total. The molecule has 0 aliphatic carbocycles. The van der Waals surface area contributed by atoms with Crippen molar-refractivity contribution >= 4 is 11.4 Å².